The fraction of sp³-hybridized carbons (Fsp3) is 0.381. The van der Waals surface area contributed by atoms with Crippen molar-refractivity contribution in [2.45, 2.75) is 44.4 Å². The number of hydrogen-bond acceptors (Lipinski definition) is 3. The van der Waals surface area contributed by atoms with Gasteiger partial charge in [0, 0.05) is 11.3 Å². The minimum Gasteiger partial charge on any atom is -0.322 e. The molecule has 138 valence electrons. The van der Waals surface area contributed by atoms with Crippen molar-refractivity contribution in [2.75, 3.05) is 11.1 Å². The van der Waals surface area contributed by atoms with E-state index in [1.807, 2.05) is 32.0 Å². The summed E-state index contributed by atoms with van der Waals surface area (Å²) in [6.07, 6.45) is 4.18. The van der Waals surface area contributed by atoms with Crippen molar-refractivity contribution >= 4 is 21.4 Å². The average Bonchev–Trinajstić information content (AvgIpc) is 3.06. The van der Waals surface area contributed by atoms with Crippen LogP contribution in [-0.4, -0.2) is 20.1 Å². The monoisotopic (exact) mass is 371 g/mol. The highest BCUT2D eigenvalue weighted by Gasteiger charge is 2.24. The van der Waals surface area contributed by atoms with Crippen LogP contribution in [0.25, 0.3) is 0 Å². The number of hydrogen-bond donors (Lipinski definition) is 1. The standard InChI is InChI=1S/C21H25NO3S/c1-15-10-16(2)12-19(11-15)22-21(23)18-8-5-9-20(13-18)26(24,25)14-17-6-3-4-7-17/h5,8-13,17H,3-4,6-7,14H2,1-2H3,(H,22,23). The second-order valence-electron chi connectivity index (χ2n) is 7.29. The maximum Gasteiger partial charge on any atom is 0.255 e. The Hall–Kier alpha value is -2.14. The van der Waals surface area contributed by atoms with E-state index in [1.54, 1.807) is 18.2 Å². The van der Waals surface area contributed by atoms with Gasteiger partial charge >= 0.3 is 0 Å². The van der Waals surface area contributed by atoms with E-state index in [1.165, 1.54) is 6.07 Å². The van der Waals surface area contributed by atoms with Crippen molar-refractivity contribution in [1.82, 2.24) is 0 Å². The molecular weight excluding hydrogens is 346 g/mol. The highest BCUT2D eigenvalue weighted by molar-refractivity contribution is 7.91. The number of carbonyl (C=O) groups excluding carboxylic acids is 1. The molecule has 0 unspecified atom stereocenters. The first kappa shape index (κ1) is 18.6. The molecule has 0 heterocycles. The molecule has 0 saturated heterocycles. The Balaban J connectivity index is 1.78. The van der Waals surface area contributed by atoms with Crippen LogP contribution >= 0.6 is 0 Å². The maximum absolute atomic E-state index is 12.7. The van der Waals surface area contributed by atoms with E-state index >= 15 is 0 Å². The number of benzene rings is 2. The maximum atomic E-state index is 12.7. The van der Waals surface area contributed by atoms with Gasteiger partial charge in [0.05, 0.1) is 10.6 Å². The summed E-state index contributed by atoms with van der Waals surface area (Å²) in [5.41, 5.74) is 3.20. The zero-order valence-electron chi connectivity index (χ0n) is 15.3. The minimum atomic E-state index is -3.37. The largest absolute Gasteiger partial charge is 0.322 e. The van der Waals surface area contributed by atoms with E-state index in [-0.39, 0.29) is 22.5 Å². The van der Waals surface area contributed by atoms with Crippen molar-refractivity contribution in [3.63, 3.8) is 0 Å². The van der Waals surface area contributed by atoms with E-state index in [9.17, 15) is 13.2 Å². The molecule has 3 rings (SSSR count). The van der Waals surface area contributed by atoms with Crippen LogP contribution in [-0.2, 0) is 9.84 Å². The molecule has 1 fully saturated rings. The third-order valence-corrected chi connectivity index (χ3v) is 6.75. The Morgan fingerprint density at radius 2 is 1.69 bits per heavy atom. The van der Waals surface area contributed by atoms with Crippen LogP contribution in [0.1, 0.15) is 47.2 Å². The molecule has 0 bridgehead atoms. The zero-order chi connectivity index (χ0) is 18.7. The first-order chi connectivity index (χ1) is 12.3. The highest BCUT2D eigenvalue weighted by atomic mass is 32.2. The van der Waals surface area contributed by atoms with Crippen LogP contribution in [0.15, 0.2) is 47.4 Å². The second-order valence-corrected chi connectivity index (χ2v) is 9.32. The normalized spacial score (nSPS) is 15.2. The summed E-state index contributed by atoms with van der Waals surface area (Å²) in [4.78, 5) is 12.8. The Bertz CT molecular complexity index is 892. The Morgan fingerprint density at radius 1 is 1.04 bits per heavy atom. The predicted molar refractivity (Wildman–Crippen MR) is 104 cm³/mol. The molecule has 1 aliphatic rings. The summed E-state index contributed by atoms with van der Waals surface area (Å²) in [5.74, 6) is 0.121. The average molecular weight is 372 g/mol. The topological polar surface area (TPSA) is 63.2 Å². The van der Waals surface area contributed by atoms with Gasteiger partial charge in [-0.05, 0) is 74.1 Å². The summed E-state index contributed by atoms with van der Waals surface area (Å²) in [7, 11) is -3.37. The second kappa shape index (κ2) is 7.62. The first-order valence-electron chi connectivity index (χ1n) is 9.06. The molecule has 5 heteroatoms. The van der Waals surface area contributed by atoms with Crippen molar-refractivity contribution in [3.8, 4) is 0 Å². The Labute approximate surface area is 155 Å². The van der Waals surface area contributed by atoms with Gasteiger partial charge < -0.3 is 5.32 Å². The summed E-state index contributed by atoms with van der Waals surface area (Å²) < 4.78 is 25.4. The summed E-state index contributed by atoms with van der Waals surface area (Å²) in [6.45, 7) is 3.94. The molecule has 2 aromatic rings. The van der Waals surface area contributed by atoms with Crippen molar-refractivity contribution in [1.29, 1.82) is 0 Å². The number of rotatable bonds is 5. The zero-order valence-corrected chi connectivity index (χ0v) is 16.1. The van der Waals surface area contributed by atoms with Gasteiger partial charge in [0.15, 0.2) is 9.84 Å². The van der Waals surface area contributed by atoms with Crippen LogP contribution in [0.3, 0.4) is 0 Å². The van der Waals surface area contributed by atoms with E-state index in [0.29, 0.717) is 11.3 Å². The van der Waals surface area contributed by atoms with Gasteiger partial charge in [-0.25, -0.2) is 8.42 Å². The summed E-state index contributed by atoms with van der Waals surface area (Å²) in [6, 6.07) is 12.2. The molecule has 4 nitrogen and oxygen atoms in total. The Morgan fingerprint density at radius 3 is 2.35 bits per heavy atom. The lowest BCUT2D eigenvalue weighted by Crippen LogP contribution is -2.16. The fourth-order valence-corrected chi connectivity index (χ4v) is 5.40. The molecule has 1 saturated carbocycles. The van der Waals surface area contributed by atoms with Gasteiger partial charge in [0.25, 0.3) is 5.91 Å². The van der Waals surface area contributed by atoms with Gasteiger partial charge in [-0.15, -0.1) is 0 Å². The van der Waals surface area contributed by atoms with Gasteiger partial charge in [0.2, 0.25) is 0 Å². The van der Waals surface area contributed by atoms with Gasteiger partial charge in [-0.1, -0.05) is 25.0 Å². The van der Waals surface area contributed by atoms with Crippen LogP contribution in [0.5, 0.6) is 0 Å². The van der Waals surface area contributed by atoms with E-state index < -0.39 is 9.84 Å². The molecule has 2 aromatic carbocycles. The molecular formula is C21H25NO3S. The van der Waals surface area contributed by atoms with Gasteiger partial charge in [0.1, 0.15) is 0 Å². The highest BCUT2D eigenvalue weighted by Crippen LogP contribution is 2.28. The van der Waals surface area contributed by atoms with E-state index in [4.69, 9.17) is 0 Å². The van der Waals surface area contributed by atoms with Gasteiger partial charge in [-0.2, -0.15) is 0 Å². The van der Waals surface area contributed by atoms with E-state index in [0.717, 1.165) is 36.8 Å². The number of anilines is 1. The molecule has 0 aromatic heterocycles. The number of amides is 1. The Kier molecular flexibility index (Phi) is 5.47. The number of nitrogens with one attached hydrogen (secondary N) is 1. The van der Waals surface area contributed by atoms with Crippen LogP contribution < -0.4 is 5.32 Å². The molecule has 0 radical (unpaired) electrons. The number of sulfone groups is 1. The lowest BCUT2D eigenvalue weighted by Gasteiger charge is -2.12. The smallest absolute Gasteiger partial charge is 0.255 e. The molecule has 0 atom stereocenters. The molecule has 26 heavy (non-hydrogen) atoms. The quantitative estimate of drug-likeness (QED) is 0.840. The van der Waals surface area contributed by atoms with Crippen LogP contribution in [0, 0.1) is 19.8 Å². The van der Waals surface area contributed by atoms with Crippen molar-refractivity contribution in [3.05, 3.63) is 59.2 Å². The van der Waals surface area contributed by atoms with E-state index in [2.05, 4.69) is 5.32 Å². The predicted octanol–water partition coefficient (Wildman–Crippen LogP) is 4.52. The minimum absolute atomic E-state index is 0.176. The molecule has 1 amide bonds. The fourth-order valence-electron chi connectivity index (χ4n) is 3.66. The van der Waals surface area contributed by atoms with Gasteiger partial charge in [-0.3, -0.25) is 4.79 Å². The number of aryl methyl sites for hydroxylation is 2. The van der Waals surface area contributed by atoms with Crippen molar-refractivity contribution in [2.24, 2.45) is 5.92 Å². The number of carbonyl (C=O) groups is 1. The van der Waals surface area contributed by atoms with Crippen LogP contribution in [0.4, 0.5) is 5.69 Å². The van der Waals surface area contributed by atoms with Crippen molar-refractivity contribution < 1.29 is 13.2 Å². The van der Waals surface area contributed by atoms with Crippen LogP contribution in [0.2, 0.25) is 0 Å². The molecule has 1 N–H and O–H groups in total. The SMILES string of the molecule is Cc1cc(C)cc(NC(=O)c2cccc(S(=O)(=O)CC3CCCC3)c2)c1. The first-order valence-corrected chi connectivity index (χ1v) is 10.7. The third-order valence-electron chi connectivity index (χ3n) is 4.86. The summed E-state index contributed by atoms with van der Waals surface area (Å²) in [5, 5.41) is 2.86. The molecule has 0 spiro atoms. The third kappa shape index (κ3) is 4.52. The lowest BCUT2D eigenvalue weighted by molar-refractivity contribution is 0.102. The lowest BCUT2D eigenvalue weighted by atomic mass is 10.1. The molecule has 0 aliphatic heterocycles. The molecule has 1 aliphatic carbocycles. The summed E-state index contributed by atoms with van der Waals surface area (Å²) >= 11 is 0.